The van der Waals surface area contributed by atoms with Crippen LogP contribution in [0, 0.1) is 0 Å². The Morgan fingerprint density at radius 3 is 3.00 bits per heavy atom. The molecule has 5 heteroatoms. The molecule has 0 aliphatic carbocycles. The monoisotopic (exact) mass is 272 g/mol. The van der Waals surface area contributed by atoms with Crippen LogP contribution in [0.2, 0.25) is 5.15 Å². The minimum absolute atomic E-state index is 0.343. The second-order valence-electron chi connectivity index (χ2n) is 4.48. The zero-order chi connectivity index (χ0) is 12.3. The Kier molecular flexibility index (Phi) is 4.65. The first kappa shape index (κ1) is 13.1. The molecule has 1 aromatic heterocycles. The van der Waals surface area contributed by atoms with E-state index in [-0.39, 0.29) is 0 Å². The summed E-state index contributed by atoms with van der Waals surface area (Å²) in [6.45, 7) is 5.12. The van der Waals surface area contributed by atoms with Crippen molar-refractivity contribution >= 4 is 23.4 Å². The highest BCUT2D eigenvalue weighted by atomic mass is 35.5. The van der Waals surface area contributed by atoms with Crippen LogP contribution in [0.4, 0.5) is 0 Å². The lowest BCUT2D eigenvalue weighted by molar-refractivity contribution is 0.129. The highest BCUT2D eigenvalue weighted by molar-refractivity contribution is 7.99. The molecule has 0 amide bonds. The van der Waals surface area contributed by atoms with Crippen molar-refractivity contribution in [1.82, 2.24) is 9.97 Å². The van der Waals surface area contributed by atoms with Gasteiger partial charge in [0.2, 0.25) is 0 Å². The van der Waals surface area contributed by atoms with Gasteiger partial charge in [-0.15, -0.1) is 11.8 Å². The molecule has 0 spiro atoms. The van der Waals surface area contributed by atoms with E-state index in [2.05, 4.69) is 23.8 Å². The van der Waals surface area contributed by atoms with Gasteiger partial charge in [0.1, 0.15) is 16.5 Å². The maximum absolute atomic E-state index is 6.12. The molecule has 1 fully saturated rings. The first-order chi connectivity index (χ1) is 8.18. The fourth-order valence-electron chi connectivity index (χ4n) is 1.91. The summed E-state index contributed by atoms with van der Waals surface area (Å²) >= 11 is 7.85. The van der Waals surface area contributed by atoms with Crippen LogP contribution in [0.1, 0.15) is 38.2 Å². The Hall–Kier alpha value is -0.320. The van der Waals surface area contributed by atoms with Crippen LogP contribution in [-0.4, -0.2) is 28.4 Å². The van der Waals surface area contributed by atoms with Gasteiger partial charge in [0.05, 0.1) is 6.10 Å². The molecule has 1 saturated heterocycles. The Labute approximate surface area is 111 Å². The molecule has 0 radical (unpaired) electrons. The molecule has 1 unspecified atom stereocenters. The number of ether oxygens (including phenoxy) is 1. The lowest BCUT2D eigenvalue weighted by Gasteiger charge is -2.14. The number of rotatable bonds is 4. The van der Waals surface area contributed by atoms with Gasteiger partial charge in [-0.2, -0.15) is 0 Å². The Balaban J connectivity index is 2.06. The van der Waals surface area contributed by atoms with Crippen LogP contribution in [0.5, 0.6) is 0 Å². The largest absolute Gasteiger partial charge is 0.377 e. The summed E-state index contributed by atoms with van der Waals surface area (Å²) in [5, 5.41) is 1.57. The van der Waals surface area contributed by atoms with E-state index in [1.165, 1.54) is 12.7 Å². The Bertz CT molecular complexity index is 381. The molecule has 1 aliphatic rings. The molecule has 2 heterocycles. The zero-order valence-corrected chi connectivity index (χ0v) is 11.7. The first-order valence-corrected chi connectivity index (χ1v) is 7.29. The maximum Gasteiger partial charge on any atom is 0.137 e. The number of thioether (sulfide) groups is 1. The lowest BCUT2D eigenvalue weighted by Crippen LogP contribution is -2.09. The minimum atomic E-state index is 0.343. The standard InChI is InChI=1S/C12H17ClN2OS/c1-8(2)10-11(13)14-7-15-12(10)17-6-9-4-3-5-16-9/h7-9H,3-6H2,1-2H3. The van der Waals surface area contributed by atoms with Gasteiger partial charge in [0.15, 0.2) is 0 Å². The van der Waals surface area contributed by atoms with E-state index in [9.17, 15) is 0 Å². The Morgan fingerprint density at radius 2 is 2.35 bits per heavy atom. The van der Waals surface area contributed by atoms with Crippen molar-refractivity contribution in [2.75, 3.05) is 12.4 Å². The SMILES string of the molecule is CC(C)c1c(Cl)ncnc1SCC1CCCO1. The third kappa shape index (κ3) is 3.33. The maximum atomic E-state index is 6.12. The fraction of sp³-hybridized carbons (Fsp3) is 0.667. The number of aromatic nitrogens is 2. The van der Waals surface area contributed by atoms with Crippen LogP contribution in [0.25, 0.3) is 0 Å². The summed E-state index contributed by atoms with van der Waals surface area (Å²) in [5.74, 6) is 1.29. The molecule has 3 nitrogen and oxygen atoms in total. The van der Waals surface area contributed by atoms with Crippen molar-refractivity contribution in [2.45, 2.75) is 43.7 Å². The van der Waals surface area contributed by atoms with E-state index < -0.39 is 0 Å². The van der Waals surface area contributed by atoms with E-state index in [1.54, 1.807) is 11.8 Å². The molecule has 94 valence electrons. The molecule has 1 atom stereocenters. The predicted octanol–water partition coefficient (Wildman–Crippen LogP) is 3.52. The van der Waals surface area contributed by atoms with Gasteiger partial charge in [0.25, 0.3) is 0 Å². The van der Waals surface area contributed by atoms with E-state index >= 15 is 0 Å². The number of halogens is 1. The van der Waals surface area contributed by atoms with Crippen molar-refractivity contribution < 1.29 is 4.74 Å². The summed E-state index contributed by atoms with van der Waals surface area (Å²) in [5.41, 5.74) is 1.05. The van der Waals surface area contributed by atoms with Gasteiger partial charge in [-0.05, 0) is 18.8 Å². The van der Waals surface area contributed by atoms with E-state index in [1.807, 2.05) is 0 Å². The molecule has 0 bridgehead atoms. The van der Waals surface area contributed by atoms with Gasteiger partial charge in [-0.3, -0.25) is 0 Å². The van der Waals surface area contributed by atoms with Crippen molar-refractivity contribution in [3.8, 4) is 0 Å². The molecule has 1 aliphatic heterocycles. The highest BCUT2D eigenvalue weighted by Crippen LogP contribution is 2.32. The topological polar surface area (TPSA) is 35.0 Å². The summed E-state index contributed by atoms with van der Waals surface area (Å²) in [7, 11) is 0. The molecule has 0 aromatic carbocycles. The molecular weight excluding hydrogens is 256 g/mol. The van der Waals surface area contributed by atoms with Gasteiger partial charge in [-0.25, -0.2) is 9.97 Å². The van der Waals surface area contributed by atoms with Crippen LogP contribution in [0.3, 0.4) is 0 Å². The van der Waals surface area contributed by atoms with Crippen LogP contribution in [-0.2, 0) is 4.74 Å². The first-order valence-electron chi connectivity index (χ1n) is 5.93. The zero-order valence-electron chi connectivity index (χ0n) is 10.1. The van der Waals surface area contributed by atoms with Crippen molar-refractivity contribution in [3.63, 3.8) is 0 Å². The molecule has 0 N–H and O–H groups in total. The van der Waals surface area contributed by atoms with Crippen LogP contribution >= 0.6 is 23.4 Å². The Morgan fingerprint density at radius 1 is 1.53 bits per heavy atom. The van der Waals surface area contributed by atoms with Crippen LogP contribution < -0.4 is 0 Å². The van der Waals surface area contributed by atoms with Gasteiger partial charge in [-0.1, -0.05) is 25.4 Å². The molecule has 1 aromatic rings. The van der Waals surface area contributed by atoms with Crippen molar-refractivity contribution in [2.24, 2.45) is 0 Å². The predicted molar refractivity (Wildman–Crippen MR) is 70.8 cm³/mol. The number of hydrogen-bond donors (Lipinski definition) is 0. The van der Waals surface area contributed by atoms with Gasteiger partial charge < -0.3 is 4.74 Å². The van der Waals surface area contributed by atoms with E-state index in [0.29, 0.717) is 17.2 Å². The molecule has 0 saturated carbocycles. The smallest absolute Gasteiger partial charge is 0.137 e. The normalized spacial score (nSPS) is 20.1. The average molecular weight is 273 g/mol. The summed E-state index contributed by atoms with van der Waals surface area (Å²) < 4.78 is 5.61. The second-order valence-corrected chi connectivity index (χ2v) is 5.85. The lowest BCUT2D eigenvalue weighted by atomic mass is 10.1. The van der Waals surface area contributed by atoms with Crippen LogP contribution in [0.15, 0.2) is 11.4 Å². The molecular formula is C12H17ClN2OS. The van der Waals surface area contributed by atoms with E-state index in [0.717, 1.165) is 29.4 Å². The third-order valence-corrected chi connectivity index (χ3v) is 4.24. The highest BCUT2D eigenvalue weighted by Gasteiger charge is 2.19. The van der Waals surface area contributed by atoms with Crippen molar-refractivity contribution in [1.29, 1.82) is 0 Å². The van der Waals surface area contributed by atoms with Crippen molar-refractivity contribution in [3.05, 3.63) is 17.0 Å². The molecule has 2 rings (SSSR count). The molecule has 17 heavy (non-hydrogen) atoms. The summed E-state index contributed by atoms with van der Waals surface area (Å²) in [4.78, 5) is 8.38. The third-order valence-electron chi connectivity index (χ3n) is 2.81. The van der Waals surface area contributed by atoms with E-state index in [4.69, 9.17) is 16.3 Å². The van der Waals surface area contributed by atoms with Gasteiger partial charge >= 0.3 is 0 Å². The average Bonchev–Trinajstić information content (AvgIpc) is 2.78. The second kappa shape index (κ2) is 6.03. The summed E-state index contributed by atoms with van der Waals surface area (Å²) in [6, 6.07) is 0. The number of nitrogens with zero attached hydrogens (tertiary/aromatic N) is 2. The van der Waals surface area contributed by atoms with Gasteiger partial charge in [0, 0.05) is 17.9 Å². The minimum Gasteiger partial charge on any atom is -0.377 e. The quantitative estimate of drug-likeness (QED) is 0.620. The fourth-order valence-corrected chi connectivity index (χ4v) is 3.53. The number of hydrogen-bond acceptors (Lipinski definition) is 4. The summed E-state index contributed by atoms with van der Waals surface area (Å²) in [6.07, 6.45) is 4.23.